The molecule has 0 aliphatic carbocycles. The van der Waals surface area contributed by atoms with E-state index >= 15 is 0 Å². The van der Waals surface area contributed by atoms with E-state index in [1.54, 1.807) is 11.3 Å². The largest absolute Gasteiger partial charge is 0.358 e. The van der Waals surface area contributed by atoms with Gasteiger partial charge in [0.25, 0.3) is 0 Å². The minimum Gasteiger partial charge on any atom is -0.358 e. The molecule has 0 atom stereocenters. The number of anilines is 1. The van der Waals surface area contributed by atoms with Crippen molar-refractivity contribution in [2.24, 2.45) is 0 Å². The lowest BCUT2D eigenvalue weighted by molar-refractivity contribution is 0.791. The zero-order chi connectivity index (χ0) is 25.8. The first kappa shape index (κ1) is 24.5. The van der Waals surface area contributed by atoms with E-state index in [1.807, 2.05) is 31.6 Å². The molecule has 0 amide bonds. The third-order valence-electron chi connectivity index (χ3n) is 6.32. The molecule has 186 valence electrons. The number of thiophene rings is 1. The number of fused-ring (bicyclic) bond motifs is 1. The van der Waals surface area contributed by atoms with Crippen LogP contribution in [0.15, 0.2) is 72.5 Å². The van der Waals surface area contributed by atoms with Crippen molar-refractivity contribution in [3.63, 3.8) is 0 Å². The first-order valence-corrected chi connectivity index (χ1v) is 13.3. The lowest BCUT2D eigenvalue weighted by atomic mass is 10.1. The number of unbranched alkanes of at least 4 members (excludes halogenated alkanes) is 1. The number of allylic oxidation sites excluding steroid dienone is 2. The predicted octanol–water partition coefficient (Wildman–Crippen LogP) is 6.49. The SMILES string of the molecule is C=C(CCCC)Nc1cncc(C(=C)/C=c2/c(-c3cc4c(-c5ccsc5)ccnc4[nH]3)n[nH]/c2=C/C)c1. The van der Waals surface area contributed by atoms with Crippen molar-refractivity contribution in [2.75, 3.05) is 5.32 Å². The van der Waals surface area contributed by atoms with Gasteiger partial charge in [0.15, 0.2) is 0 Å². The molecule has 0 aliphatic heterocycles. The third kappa shape index (κ3) is 5.17. The quantitative estimate of drug-likeness (QED) is 0.213. The van der Waals surface area contributed by atoms with Gasteiger partial charge in [-0.1, -0.05) is 32.6 Å². The Morgan fingerprint density at radius 2 is 2.08 bits per heavy atom. The number of aromatic amines is 2. The number of hydrogen-bond donors (Lipinski definition) is 3. The average Bonchev–Trinajstić information content (AvgIpc) is 3.67. The second-order valence-corrected chi connectivity index (χ2v) is 9.75. The van der Waals surface area contributed by atoms with E-state index in [-0.39, 0.29) is 0 Å². The molecule has 5 rings (SSSR count). The van der Waals surface area contributed by atoms with E-state index in [0.717, 1.165) is 80.3 Å². The molecule has 5 heterocycles. The first-order chi connectivity index (χ1) is 18.1. The van der Waals surface area contributed by atoms with Gasteiger partial charge in [-0.05, 0) is 77.6 Å². The smallest absolute Gasteiger partial charge is 0.138 e. The van der Waals surface area contributed by atoms with Crippen molar-refractivity contribution in [1.29, 1.82) is 0 Å². The van der Waals surface area contributed by atoms with Crippen LogP contribution >= 0.6 is 11.3 Å². The van der Waals surface area contributed by atoms with Crippen LogP contribution in [0.4, 0.5) is 5.69 Å². The summed E-state index contributed by atoms with van der Waals surface area (Å²) in [6.45, 7) is 12.7. The highest BCUT2D eigenvalue weighted by Gasteiger charge is 2.13. The molecule has 0 saturated carbocycles. The highest BCUT2D eigenvalue weighted by atomic mass is 32.1. The highest BCUT2D eigenvalue weighted by molar-refractivity contribution is 7.08. The molecule has 0 aliphatic rings. The van der Waals surface area contributed by atoms with Crippen molar-refractivity contribution in [3.05, 3.63) is 88.6 Å². The molecular formula is C30H30N6S. The Hall–Kier alpha value is -4.23. The summed E-state index contributed by atoms with van der Waals surface area (Å²) in [6, 6.07) is 8.36. The standard InChI is InChI=1S/C30H30N6S/c1-5-7-8-20(4)33-23-14-22(16-31-17-23)19(3)13-26-27(6-2)35-36-29(26)28-15-25-24(21-10-12-37-18-21)9-11-32-30(25)34-28/h6,9-18,33,35H,3-5,7-8H2,1-2H3,(H,32,34)/b26-13+,27-6+. The Kier molecular flexibility index (Phi) is 7.14. The molecule has 0 bridgehead atoms. The fourth-order valence-corrected chi connectivity index (χ4v) is 5.01. The van der Waals surface area contributed by atoms with Crippen LogP contribution in [0, 0.1) is 0 Å². The predicted molar refractivity (Wildman–Crippen MR) is 156 cm³/mol. The van der Waals surface area contributed by atoms with Gasteiger partial charge >= 0.3 is 0 Å². The van der Waals surface area contributed by atoms with E-state index in [0.29, 0.717) is 0 Å². The van der Waals surface area contributed by atoms with E-state index in [4.69, 9.17) is 0 Å². The van der Waals surface area contributed by atoms with Crippen molar-refractivity contribution >= 4 is 45.8 Å². The molecule has 5 aromatic heterocycles. The molecule has 0 saturated heterocycles. The van der Waals surface area contributed by atoms with Crippen molar-refractivity contribution in [2.45, 2.75) is 33.1 Å². The topological polar surface area (TPSA) is 82.3 Å². The zero-order valence-electron chi connectivity index (χ0n) is 21.1. The van der Waals surface area contributed by atoms with Gasteiger partial charge in [-0.25, -0.2) is 4.98 Å². The maximum atomic E-state index is 4.65. The Labute approximate surface area is 220 Å². The summed E-state index contributed by atoms with van der Waals surface area (Å²) >= 11 is 1.69. The number of rotatable bonds is 9. The number of pyridine rings is 2. The minimum atomic E-state index is 0.818. The van der Waals surface area contributed by atoms with Crippen LogP contribution in [-0.2, 0) is 0 Å². The Morgan fingerprint density at radius 1 is 1.19 bits per heavy atom. The van der Waals surface area contributed by atoms with Gasteiger partial charge in [0, 0.05) is 34.3 Å². The fourth-order valence-electron chi connectivity index (χ4n) is 4.36. The lowest BCUT2D eigenvalue weighted by Gasteiger charge is -2.10. The van der Waals surface area contributed by atoms with E-state index in [1.165, 1.54) is 5.56 Å². The van der Waals surface area contributed by atoms with Gasteiger partial charge < -0.3 is 10.3 Å². The Bertz CT molecular complexity index is 1690. The molecule has 6 nitrogen and oxygen atoms in total. The number of aromatic nitrogens is 5. The van der Waals surface area contributed by atoms with Gasteiger partial charge in [-0.3, -0.25) is 10.1 Å². The maximum absolute atomic E-state index is 4.65. The summed E-state index contributed by atoms with van der Waals surface area (Å²) in [5.74, 6) is 0. The van der Waals surface area contributed by atoms with E-state index in [9.17, 15) is 0 Å². The second-order valence-electron chi connectivity index (χ2n) is 8.97. The lowest BCUT2D eigenvalue weighted by Crippen LogP contribution is -2.23. The normalized spacial score (nSPS) is 12.4. The Balaban J connectivity index is 1.52. The maximum Gasteiger partial charge on any atom is 0.138 e. The van der Waals surface area contributed by atoms with Gasteiger partial charge in [0.2, 0.25) is 0 Å². The molecule has 3 N–H and O–H groups in total. The van der Waals surface area contributed by atoms with Crippen LogP contribution in [-0.4, -0.2) is 25.1 Å². The third-order valence-corrected chi connectivity index (χ3v) is 7.01. The van der Waals surface area contributed by atoms with Crippen LogP contribution in [0.2, 0.25) is 0 Å². The summed E-state index contributed by atoms with van der Waals surface area (Å²) in [5, 5.41) is 18.4. The fraction of sp³-hybridized carbons (Fsp3) is 0.167. The molecule has 5 aromatic rings. The molecule has 7 heteroatoms. The van der Waals surface area contributed by atoms with Gasteiger partial charge in [-0.2, -0.15) is 16.4 Å². The summed E-state index contributed by atoms with van der Waals surface area (Å²) in [4.78, 5) is 12.5. The number of nitrogens with one attached hydrogen (secondary N) is 3. The molecule has 0 radical (unpaired) electrons. The molecular weight excluding hydrogens is 476 g/mol. The zero-order valence-corrected chi connectivity index (χ0v) is 22.0. The summed E-state index contributed by atoms with van der Waals surface area (Å²) in [6.07, 6.45) is 12.7. The van der Waals surface area contributed by atoms with Crippen LogP contribution in [0.1, 0.15) is 38.7 Å². The average molecular weight is 507 g/mol. The van der Waals surface area contributed by atoms with Crippen LogP contribution in [0.3, 0.4) is 0 Å². The highest BCUT2D eigenvalue weighted by Crippen LogP contribution is 2.31. The van der Waals surface area contributed by atoms with Gasteiger partial charge in [0.1, 0.15) is 11.3 Å². The summed E-state index contributed by atoms with van der Waals surface area (Å²) < 4.78 is 0. The molecule has 0 aromatic carbocycles. The van der Waals surface area contributed by atoms with E-state index in [2.05, 4.69) is 91.6 Å². The molecule has 0 unspecified atom stereocenters. The minimum absolute atomic E-state index is 0.818. The number of H-pyrrole nitrogens is 2. The molecule has 0 spiro atoms. The van der Waals surface area contributed by atoms with Gasteiger partial charge in [-0.15, -0.1) is 0 Å². The number of hydrogen-bond acceptors (Lipinski definition) is 5. The van der Waals surface area contributed by atoms with Crippen LogP contribution in [0.5, 0.6) is 0 Å². The Morgan fingerprint density at radius 3 is 2.86 bits per heavy atom. The van der Waals surface area contributed by atoms with Crippen molar-refractivity contribution in [1.82, 2.24) is 25.1 Å². The van der Waals surface area contributed by atoms with Gasteiger partial charge in [0.05, 0.1) is 22.9 Å². The van der Waals surface area contributed by atoms with Crippen molar-refractivity contribution < 1.29 is 0 Å². The molecule has 37 heavy (non-hydrogen) atoms. The second kappa shape index (κ2) is 10.8. The summed E-state index contributed by atoms with van der Waals surface area (Å²) in [5.41, 5.74) is 8.56. The van der Waals surface area contributed by atoms with Crippen LogP contribution in [0.25, 0.3) is 51.3 Å². The summed E-state index contributed by atoms with van der Waals surface area (Å²) in [7, 11) is 0. The monoisotopic (exact) mass is 506 g/mol. The first-order valence-electron chi connectivity index (χ1n) is 12.4. The number of nitrogens with zero attached hydrogens (tertiary/aromatic N) is 3. The van der Waals surface area contributed by atoms with Crippen molar-refractivity contribution in [3.8, 4) is 22.5 Å². The molecule has 0 fully saturated rings. The van der Waals surface area contributed by atoms with Crippen LogP contribution < -0.4 is 15.9 Å². The van der Waals surface area contributed by atoms with E-state index < -0.39 is 0 Å².